The van der Waals surface area contributed by atoms with Crippen LogP contribution in [0.4, 0.5) is 11.8 Å². The standard InChI is InChI=1S/C12H19ClN4S/c1-18-12(5-3-2-4-6-12)8-15-10-7-9(13)16-11(14)17-10/h7H,2-6,8H2,1H3,(H3,14,15,16,17). The zero-order valence-corrected chi connectivity index (χ0v) is 12.2. The van der Waals surface area contributed by atoms with Crippen molar-refractivity contribution in [1.29, 1.82) is 0 Å². The molecule has 0 saturated heterocycles. The molecule has 6 heteroatoms. The van der Waals surface area contributed by atoms with Gasteiger partial charge in [-0.15, -0.1) is 0 Å². The van der Waals surface area contributed by atoms with Gasteiger partial charge in [-0.1, -0.05) is 30.9 Å². The molecule has 100 valence electrons. The summed E-state index contributed by atoms with van der Waals surface area (Å²) in [6, 6.07) is 1.72. The third-order valence-corrected chi connectivity index (χ3v) is 5.11. The summed E-state index contributed by atoms with van der Waals surface area (Å²) >= 11 is 7.81. The van der Waals surface area contributed by atoms with Crippen LogP contribution in [0.1, 0.15) is 32.1 Å². The highest BCUT2D eigenvalue weighted by atomic mass is 35.5. The fourth-order valence-electron chi connectivity index (χ4n) is 2.43. The Labute approximate surface area is 117 Å². The van der Waals surface area contributed by atoms with Crippen molar-refractivity contribution in [3.63, 3.8) is 0 Å². The maximum absolute atomic E-state index is 5.86. The summed E-state index contributed by atoms with van der Waals surface area (Å²) in [6.45, 7) is 0.904. The lowest BCUT2D eigenvalue weighted by Crippen LogP contribution is -2.35. The molecule has 0 aliphatic heterocycles. The molecule has 0 amide bonds. The number of halogens is 1. The summed E-state index contributed by atoms with van der Waals surface area (Å²) in [4.78, 5) is 8.00. The molecule has 0 atom stereocenters. The molecule has 3 N–H and O–H groups in total. The maximum atomic E-state index is 5.86. The van der Waals surface area contributed by atoms with Crippen molar-refractivity contribution in [3.05, 3.63) is 11.2 Å². The molecular formula is C12H19ClN4S. The van der Waals surface area contributed by atoms with Crippen LogP contribution in [0.3, 0.4) is 0 Å². The summed E-state index contributed by atoms with van der Waals surface area (Å²) in [5.41, 5.74) is 5.58. The lowest BCUT2D eigenvalue weighted by molar-refractivity contribution is 0.411. The minimum Gasteiger partial charge on any atom is -0.368 e. The van der Waals surface area contributed by atoms with Crippen molar-refractivity contribution in [2.75, 3.05) is 23.9 Å². The molecule has 0 spiro atoms. The van der Waals surface area contributed by atoms with E-state index in [0.29, 0.717) is 15.7 Å². The third-order valence-electron chi connectivity index (χ3n) is 3.50. The highest BCUT2D eigenvalue weighted by molar-refractivity contribution is 8.00. The average molecular weight is 287 g/mol. The SMILES string of the molecule is CSC1(CNc2cc(Cl)nc(N)n2)CCCCC1. The van der Waals surface area contributed by atoms with Crippen LogP contribution in [-0.4, -0.2) is 27.5 Å². The van der Waals surface area contributed by atoms with E-state index in [0.717, 1.165) is 6.54 Å². The van der Waals surface area contributed by atoms with Gasteiger partial charge in [0.1, 0.15) is 11.0 Å². The minimum absolute atomic E-state index is 0.215. The first-order valence-corrected chi connectivity index (χ1v) is 7.83. The predicted octanol–water partition coefficient (Wildman–Crippen LogP) is 3.19. The van der Waals surface area contributed by atoms with Gasteiger partial charge in [0.25, 0.3) is 0 Å². The number of anilines is 2. The van der Waals surface area contributed by atoms with Crippen LogP contribution in [-0.2, 0) is 0 Å². The van der Waals surface area contributed by atoms with E-state index in [1.165, 1.54) is 32.1 Å². The molecule has 0 radical (unpaired) electrons. The van der Waals surface area contributed by atoms with Gasteiger partial charge in [-0.2, -0.15) is 16.7 Å². The largest absolute Gasteiger partial charge is 0.368 e. The number of rotatable bonds is 4. The van der Waals surface area contributed by atoms with Crippen molar-refractivity contribution in [1.82, 2.24) is 9.97 Å². The van der Waals surface area contributed by atoms with Crippen molar-refractivity contribution in [2.45, 2.75) is 36.9 Å². The second-order valence-corrected chi connectivity index (χ2v) is 6.40. The zero-order valence-electron chi connectivity index (χ0n) is 10.6. The number of hydrogen-bond acceptors (Lipinski definition) is 5. The quantitative estimate of drug-likeness (QED) is 0.832. The molecule has 18 heavy (non-hydrogen) atoms. The van der Waals surface area contributed by atoms with E-state index in [4.69, 9.17) is 17.3 Å². The monoisotopic (exact) mass is 286 g/mol. The van der Waals surface area contributed by atoms with E-state index >= 15 is 0 Å². The van der Waals surface area contributed by atoms with Crippen LogP contribution in [0.25, 0.3) is 0 Å². The van der Waals surface area contributed by atoms with Gasteiger partial charge in [-0.05, 0) is 19.1 Å². The fourth-order valence-corrected chi connectivity index (χ4v) is 3.53. The molecule has 0 aromatic carbocycles. The number of thioether (sulfide) groups is 1. The lowest BCUT2D eigenvalue weighted by atomic mass is 9.88. The second-order valence-electron chi connectivity index (χ2n) is 4.74. The van der Waals surface area contributed by atoms with Gasteiger partial charge in [0.05, 0.1) is 0 Å². The zero-order chi connectivity index (χ0) is 13.0. The molecule has 1 aliphatic carbocycles. The number of nitrogens with one attached hydrogen (secondary N) is 1. The van der Waals surface area contributed by atoms with Crippen LogP contribution in [0.5, 0.6) is 0 Å². The lowest BCUT2D eigenvalue weighted by Gasteiger charge is -2.36. The van der Waals surface area contributed by atoms with E-state index in [1.807, 2.05) is 11.8 Å². The smallest absolute Gasteiger partial charge is 0.223 e. The van der Waals surface area contributed by atoms with Gasteiger partial charge in [-0.25, -0.2) is 4.98 Å². The van der Waals surface area contributed by atoms with Crippen molar-refractivity contribution in [2.24, 2.45) is 0 Å². The van der Waals surface area contributed by atoms with Gasteiger partial charge in [0.2, 0.25) is 5.95 Å². The number of nitrogen functional groups attached to an aromatic ring is 1. The summed E-state index contributed by atoms with van der Waals surface area (Å²) in [5, 5.41) is 3.73. The molecule has 1 aliphatic rings. The molecule has 1 aromatic heterocycles. The van der Waals surface area contributed by atoms with E-state index < -0.39 is 0 Å². The number of nitrogens with zero attached hydrogens (tertiary/aromatic N) is 2. The number of nitrogens with two attached hydrogens (primary N) is 1. The normalized spacial score (nSPS) is 18.6. The Morgan fingerprint density at radius 2 is 2.11 bits per heavy atom. The number of aromatic nitrogens is 2. The van der Waals surface area contributed by atoms with E-state index in [9.17, 15) is 0 Å². The van der Waals surface area contributed by atoms with Gasteiger partial charge in [0, 0.05) is 17.4 Å². The Hall–Kier alpha value is -0.680. The Morgan fingerprint density at radius 3 is 2.72 bits per heavy atom. The molecule has 1 aromatic rings. The van der Waals surface area contributed by atoms with Gasteiger partial charge in [0.15, 0.2) is 0 Å². The minimum atomic E-state index is 0.215. The predicted molar refractivity (Wildman–Crippen MR) is 79.3 cm³/mol. The summed E-state index contributed by atoms with van der Waals surface area (Å²) in [5.74, 6) is 0.929. The van der Waals surface area contributed by atoms with E-state index in [1.54, 1.807) is 6.07 Å². The van der Waals surface area contributed by atoms with E-state index in [2.05, 4.69) is 21.5 Å². The Bertz CT molecular complexity index is 387. The molecular weight excluding hydrogens is 268 g/mol. The Kier molecular flexibility index (Phi) is 4.56. The molecule has 2 rings (SSSR count). The van der Waals surface area contributed by atoms with Crippen LogP contribution in [0, 0.1) is 0 Å². The van der Waals surface area contributed by atoms with Gasteiger partial charge < -0.3 is 11.1 Å². The summed E-state index contributed by atoms with van der Waals surface area (Å²) in [6.07, 6.45) is 8.69. The topological polar surface area (TPSA) is 63.8 Å². The van der Waals surface area contributed by atoms with Crippen LogP contribution >= 0.6 is 23.4 Å². The summed E-state index contributed by atoms with van der Waals surface area (Å²) in [7, 11) is 0. The fraction of sp³-hybridized carbons (Fsp3) is 0.667. The van der Waals surface area contributed by atoms with Gasteiger partial charge in [-0.3, -0.25) is 0 Å². The van der Waals surface area contributed by atoms with Crippen molar-refractivity contribution in [3.8, 4) is 0 Å². The molecule has 1 saturated carbocycles. The molecule has 1 heterocycles. The highest BCUT2D eigenvalue weighted by Gasteiger charge is 2.30. The second kappa shape index (κ2) is 5.97. The first-order chi connectivity index (χ1) is 8.63. The van der Waals surface area contributed by atoms with Gasteiger partial charge >= 0.3 is 0 Å². The van der Waals surface area contributed by atoms with Crippen LogP contribution in [0.15, 0.2) is 6.07 Å². The average Bonchev–Trinajstić information content (AvgIpc) is 2.36. The summed E-state index contributed by atoms with van der Waals surface area (Å²) < 4.78 is 0.324. The Morgan fingerprint density at radius 1 is 1.39 bits per heavy atom. The molecule has 4 nitrogen and oxygen atoms in total. The third kappa shape index (κ3) is 3.42. The van der Waals surface area contributed by atoms with Crippen molar-refractivity contribution < 1.29 is 0 Å². The Balaban J connectivity index is 2.00. The van der Waals surface area contributed by atoms with E-state index in [-0.39, 0.29) is 5.95 Å². The van der Waals surface area contributed by atoms with Crippen LogP contribution < -0.4 is 11.1 Å². The first-order valence-electron chi connectivity index (χ1n) is 6.23. The highest BCUT2D eigenvalue weighted by Crippen LogP contribution is 2.38. The van der Waals surface area contributed by atoms with Crippen molar-refractivity contribution >= 4 is 35.1 Å². The first kappa shape index (κ1) is 13.7. The molecule has 0 unspecified atom stereocenters. The van der Waals surface area contributed by atoms with Crippen LogP contribution in [0.2, 0.25) is 5.15 Å². The molecule has 1 fully saturated rings. The number of hydrogen-bond donors (Lipinski definition) is 2. The molecule has 0 bridgehead atoms. The maximum Gasteiger partial charge on any atom is 0.223 e.